The Morgan fingerprint density at radius 1 is 1.12 bits per heavy atom. The van der Waals surface area contributed by atoms with Crippen molar-refractivity contribution in [3.05, 3.63) is 60.9 Å². The van der Waals surface area contributed by atoms with Crippen LogP contribution in [-0.4, -0.2) is 42.0 Å². The maximum atomic E-state index is 12.8. The van der Waals surface area contributed by atoms with Gasteiger partial charge in [-0.3, -0.25) is 14.4 Å². The van der Waals surface area contributed by atoms with E-state index in [2.05, 4.69) is 11.6 Å². The molecule has 1 aromatic heterocycles. The topological polar surface area (TPSA) is 101 Å². The highest BCUT2D eigenvalue weighted by atomic mass is 16.6. The van der Waals surface area contributed by atoms with E-state index in [1.165, 1.54) is 32.4 Å². The predicted molar refractivity (Wildman–Crippen MR) is 117 cm³/mol. The third-order valence-corrected chi connectivity index (χ3v) is 4.50. The summed E-state index contributed by atoms with van der Waals surface area (Å²) < 4.78 is 21.5. The quantitative estimate of drug-likeness (QED) is 0.295. The Morgan fingerprint density at radius 3 is 2.41 bits per heavy atom. The summed E-state index contributed by atoms with van der Waals surface area (Å²) in [4.78, 5) is 40.8. The smallest absolute Gasteiger partial charge is 0.309 e. The van der Waals surface area contributed by atoms with Gasteiger partial charge in [0.05, 0.1) is 13.0 Å². The predicted octanol–water partition coefficient (Wildman–Crippen LogP) is 3.79. The SMILES string of the molecule is C=C[C@H](OC(=O)[C@H](C)CC(=O)c1nccc(OC)c1OC(C)=O)[C@H](C)Oc1ccccc1. The molecule has 0 bridgehead atoms. The van der Waals surface area contributed by atoms with E-state index in [0.717, 1.165) is 0 Å². The molecule has 1 aromatic carbocycles. The molecule has 0 saturated heterocycles. The van der Waals surface area contributed by atoms with Crippen LogP contribution in [0.1, 0.15) is 37.7 Å². The molecule has 0 aliphatic heterocycles. The van der Waals surface area contributed by atoms with E-state index in [-0.39, 0.29) is 23.6 Å². The lowest BCUT2D eigenvalue weighted by Crippen LogP contribution is -2.34. The van der Waals surface area contributed by atoms with Gasteiger partial charge in [-0.2, -0.15) is 0 Å². The van der Waals surface area contributed by atoms with Crippen LogP contribution >= 0.6 is 0 Å². The van der Waals surface area contributed by atoms with Crippen molar-refractivity contribution in [2.75, 3.05) is 7.11 Å². The van der Waals surface area contributed by atoms with Gasteiger partial charge in [-0.05, 0) is 25.1 Å². The standard InChI is InChI=1S/C24H27NO7/c1-6-20(16(3)30-18-10-8-7-9-11-18)32-24(28)15(2)14-19(27)22-23(31-17(4)26)21(29-5)12-13-25-22/h6-13,15-16,20H,1,14H2,2-5H3/t15-,16+,20+/m1/s1. The summed E-state index contributed by atoms with van der Waals surface area (Å²) in [6.45, 7) is 8.23. The van der Waals surface area contributed by atoms with Gasteiger partial charge in [0, 0.05) is 25.6 Å². The number of para-hydroxylation sites is 1. The van der Waals surface area contributed by atoms with Gasteiger partial charge < -0.3 is 18.9 Å². The average molecular weight is 441 g/mol. The second-order valence-corrected chi connectivity index (χ2v) is 7.09. The monoisotopic (exact) mass is 441 g/mol. The molecule has 1 heterocycles. The molecule has 0 amide bonds. The molecule has 3 atom stereocenters. The highest BCUT2D eigenvalue weighted by Crippen LogP contribution is 2.31. The number of ether oxygens (including phenoxy) is 4. The van der Waals surface area contributed by atoms with E-state index in [4.69, 9.17) is 18.9 Å². The first kappa shape index (κ1) is 24.6. The zero-order valence-electron chi connectivity index (χ0n) is 18.6. The first-order valence-electron chi connectivity index (χ1n) is 10.1. The number of rotatable bonds is 11. The lowest BCUT2D eigenvalue weighted by atomic mass is 10.0. The maximum Gasteiger partial charge on any atom is 0.309 e. The minimum atomic E-state index is -0.785. The molecule has 2 rings (SSSR count). The Balaban J connectivity index is 2.06. The van der Waals surface area contributed by atoms with E-state index < -0.39 is 35.8 Å². The van der Waals surface area contributed by atoms with Crippen molar-refractivity contribution in [3.63, 3.8) is 0 Å². The third-order valence-electron chi connectivity index (χ3n) is 4.50. The zero-order valence-corrected chi connectivity index (χ0v) is 18.6. The lowest BCUT2D eigenvalue weighted by Gasteiger charge is -2.23. The second-order valence-electron chi connectivity index (χ2n) is 7.09. The molecule has 0 radical (unpaired) electrons. The van der Waals surface area contributed by atoms with Gasteiger partial charge in [0.25, 0.3) is 0 Å². The Labute approximate surface area is 187 Å². The molecule has 32 heavy (non-hydrogen) atoms. The highest BCUT2D eigenvalue weighted by molar-refractivity contribution is 5.99. The molecule has 2 aromatic rings. The fourth-order valence-corrected chi connectivity index (χ4v) is 2.86. The first-order chi connectivity index (χ1) is 15.3. The molecule has 0 unspecified atom stereocenters. The van der Waals surface area contributed by atoms with Gasteiger partial charge in [-0.25, -0.2) is 4.98 Å². The van der Waals surface area contributed by atoms with Crippen molar-refractivity contribution in [1.29, 1.82) is 0 Å². The molecule has 8 nitrogen and oxygen atoms in total. The van der Waals surface area contributed by atoms with Crippen molar-refractivity contribution in [1.82, 2.24) is 4.98 Å². The number of Topliss-reactive ketones (excluding diaryl/α,β-unsaturated/α-hetero) is 1. The summed E-state index contributed by atoms with van der Waals surface area (Å²) in [5.74, 6) is -1.76. The fraction of sp³-hybridized carbons (Fsp3) is 0.333. The van der Waals surface area contributed by atoms with Crippen molar-refractivity contribution < 1.29 is 33.3 Å². The number of carbonyl (C=O) groups is 3. The molecule has 0 fully saturated rings. The normalized spacial score (nSPS) is 13.2. The van der Waals surface area contributed by atoms with Gasteiger partial charge in [-0.1, -0.05) is 31.7 Å². The van der Waals surface area contributed by atoms with Crippen LogP contribution in [0, 0.1) is 5.92 Å². The summed E-state index contributed by atoms with van der Waals surface area (Å²) >= 11 is 0. The summed E-state index contributed by atoms with van der Waals surface area (Å²) in [6, 6.07) is 10.6. The molecule has 0 spiro atoms. The largest absolute Gasteiger partial charge is 0.493 e. The van der Waals surface area contributed by atoms with E-state index in [1.54, 1.807) is 26.0 Å². The number of ketones is 1. The first-order valence-corrected chi connectivity index (χ1v) is 10.1. The minimum Gasteiger partial charge on any atom is -0.493 e. The fourth-order valence-electron chi connectivity index (χ4n) is 2.86. The zero-order chi connectivity index (χ0) is 23.7. The van der Waals surface area contributed by atoms with Gasteiger partial charge in [0.2, 0.25) is 5.75 Å². The molecule has 0 N–H and O–H groups in total. The summed E-state index contributed by atoms with van der Waals surface area (Å²) in [7, 11) is 1.38. The van der Waals surface area contributed by atoms with Gasteiger partial charge in [0.15, 0.2) is 23.3 Å². The summed E-state index contributed by atoms with van der Waals surface area (Å²) in [5.41, 5.74) is -0.0970. The molecular weight excluding hydrogens is 414 g/mol. The Bertz CT molecular complexity index is 958. The van der Waals surface area contributed by atoms with Gasteiger partial charge >= 0.3 is 11.9 Å². The Hall–Kier alpha value is -3.68. The lowest BCUT2D eigenvalue weighted by molar-refractivity contribution is -0.154. The highest BCUT2D eigenvalue weighted by Gasteiger charge is 2.28. The maximum absolute atomic E-state index is 12.8. The molecule has 0 aliphatic carbocycles. The van der Waals surface area contributed by atoms with Crippen molar-refractivity contribution in [2.45, 2.75) is 39.4 Å². The number of aromatic nitrogens is 1. The number of hydrogen-bond donors (Lipinski definition) is 0. The molecule has 8 heteroatoms. The van der Waals surface area contributed by atoms with Gasteiger partial charge in [-0.15, -0.1) is 0 Å². The van der Waals surface area contributed by atoms with Crippen LogP contribution < -0.4 is 14.2 Å². The average Bonchev–Trinajstić information content (AvgIpc) is 2.77. The summed E-state index contributed by atoms with van der Waals surface area (Å²) in [5, 5.41) is 0. The number of benzene rings is 1. The molecule has 170 valence electrons. The van der Waals surface area contributed by atoms with Crippen LogP contribution in [0.3, 0.4) is 0 Å². The number of methoxy groups -OCH3 is 1. The van der Waals surface area contributed by atoms with Crippen molar-refractivity contribution >= 4 is 17.7 Å². The van der Waals surface area contributed by atoms with E-state index >= 15 is 0 Å². The van der Waals surface area contributed by atoms with Crippen LogP contribution in [0.25, 0.3) is 0 Å². The van der Waals surface area contributed by atoms with E-state index in [1.807, 2.05) is 18.2 Å². The van der Waals surface area contributed by atoms with Crippen LogP contribution in [0.2, 0.25) is 0 Å². The van der Waals surface area contributed by atoms with Crippen LogP contribution in [-0.2, 0) is 14.3 Å². The number of esters is 2. The van der Waals surface area contributed by atoms with Gasteiger partial charge in [0.1, 0.15) is 11.9 Å². The minimum absolute atomic E-state index is 0.0816. The number of hydrogen-bond acceptors (Lipinski definition) is 8. The van der Waals surface area contributed by atoms with Crippen LogP contribution in [0.4, 0.5) is 0 Å². The number of pyridine rings is 1. The molecular formula is C24H27NO7. The van der Waals surface area contributed by atoms with Crippen molar-refractivity contribution in [3.8, 4) is 17.2 Å². The molecule has 0 aliphatic rings. The Morgan fingerprint density at radius 2 is 1.81 bits per heavy atom. The Kier molecular flexibility index (Phi) is 8.95. The number of nitrogens with zero attached hydrogens (tertiary/aromatic N) is 1. The van der Waals surface area contributed by atoms with Crippen LogP contribution in [0.15, 0.2) is 55.3 Å². The van der Waals surface area contributed by atoms with E-state index in [9.17, 15) is 14.4 Å². The van der Waals surface area contributed by atoms with Crippen molar-refractivity contribution in [2.24, 2.45) is 5.92 Å². The second kappa shape index (κ2) is 11.6. The van der Waals surface area contributed by atoms with Crippen LogP contribution in [0.5, 0.6) is 17.2 Å². The molecule has 0 saturated carbocycles. The third kappa shape index (κ3) is 6.66. The number of carbonyl (C=O) groups excluding carboxylic acids is 3. The van der Waals surface area contributed by atoms with E-state index in [0.29, 0.717) is 5.75 Å². The summed E-state index contributed by atoms with van der Waals surface area (Å²) in [6.07, 6.45) is 1.43.